The number of H-pyrrole nitrogens is 1. The molecule has 5 nitrogen and oxygen atoms in total. The van der Waals surface area contributed by atoms with E-state index in [4.69, 9.17) is 0 Å². The van der Waals surface area contributed by atoms with Crippen molar-refractivity contribution in [1.29, 1.82) is 0 Å². The highest BCUT2D eigenvalue weighted by Gasteiger charge is 2.08. The smallest absolute Gasteiger partial charge is 0.256 e. The van der Waals surface area contributed by atoms with Crippen LogP contribution in [0.4, 0.5) is 10.2 Å². The maximum absolute atomic E-state index is 12.9. The van der Waals surface area contributed by atoms with E-state index in [9.17, 15) is 9.18 Å². The summed E-state index contributed by atoms with van der Waals surface area (Å²) in [6.07, 6.45) is 6.14. The number of fused-ring (bicyclic) bond motifs is 1. The molecule has 0 aliphatic heterocycles. The lowest BCUT2D eigenvalue weighted by molar-refractivity contribution is 0.102. The van der Waals surface area contributed by atoms with Gasteiger partial charge in [0.25, 0.3) is 5.91 Å². The molecule has 0 unspecified atom stereocenters. The highest BCUT2D eigenvalue weighted by Crippen LogP contribution is 2.19. The summed E-state index contributed by atoms with van der Waals surface area (Å²) in [6, 6.07) is 13.0. The Kier molecular flexibility index (Phi) is 4.15. The van der Waals surface area contributed by atoms with Gasteiger partial charge in [-0.2, -0.15) is 0 Å². The van der Waals surface area contributed by atoms with Gasteiger partial charge in [-0.3, -0.25) is 4.79 Å². The number of carbonyl (C=O) groups is 1. The molecule has 26 heavy (non-hydrogen) atoms. The minimum absolute atomic E-state index is 0.326. The zero-order chi connectivity index (χ0) is 17.9. The number of hydrogen-bond donors (Lipinski definition) is 2. The summed E-state index contributed by atoms with van der Waals surface area (Å²) in [6.45, 7) is 0. The van der Waals surface area contributed by atoms with Gasteiger partial charge in [-0.15, -0.1) is 0 Å². The van der Waals surface area contributed by atoms with Crippen LogP contribution < -0.4 is 5.32 Å². The van der Waals surface area contributed by atoms with Crippen LogP contribution in [0.2, 0.25) is 0 Å². The van der Waals surface area contributed by atoms with Gasteiger partial charge in [0, 0.05) is 36.0 Å². The number of carbonyl (C=O) groups excluding carboxylic acids is 1. The third-order valence-electron chi connectivity index (χ3n) is 4.10. The first kappa shape index (κ1) is 16.0. The van der Waals surface area contributed by atoms with Gasteiger partial charge in [-0.1, -0.05) is 6.07 Å². The Morgan fingerprint density at radius 1 is 1.08 bits per heavy atom. The zero-order valence-electron chi connectivity index (χ0n) is 13.7. The standard InChI is InChI=1S/C20H15FN4O/c21-16-6-4-14(5-7-16)20(26)25-18-8-3-13(11-23-18)10-15-12-24-19-17(15)2-1-9-22-19/h1-9,11-12H,10H2,(H,22,24)(H,23,25,26). The summed E-state index contributed by atoms with van der Waals surface area (Å²) in [5.41, 5.74) is 3.40. The maximum Gasteiger partial charge on any atom is 0.256 e. The Balaban J connectivity index is 1.46. The van der Waals surface area contributed by atoms with E-state index < -0.39 is 0 Å². The van der Waals surface area contributed by atoms with E-state index in [1.165, 1.54) is 24.3 Å². The van der Waals surface area contributed by atoms with Crippen LogP contribution in [0.25, 0.3) is 11.0 Å². The lowest BCUT2D eigenvalue weighted by Crippen LogP contribution is -2.12. The molecule has 6 heteroatoms. The van der Waals surface area contributed by atoms with Crippen LogP contribution in [-0.4, -0.2) is 20.9 Å². The van der Waals surface area contributed by atoms with Crippen molar-refractivity contribution in [2.24, 2.45) is 0 Å². The number of aromatic amines is 1. The van der Waals surface area contributed by atoms with Crippen LogP contribution in [-0.2, 0) is 6.42 Å². The van der Waals surface area contributed by atoms with E-state index in [-0.39, 0.29) is 11.7 Å². The number of nitrogens with one attached hydrogen (secondary N) is 2. The second-order valence-corrected chi connectivity index (χ2v) is 5.90. The van der Waals surface area contributed by atoms with Crippen molar-refractivity contribution in [2.75, 3.05) is 5.32 Å². The topological polar surface area (TPSA) is 70.7 Å². The number of rotatable bonds is 4. The Morgan fingerprint density at radius 2 is 1.92 bits per heavy atom. The fraction of sp³-hybridized carbons (Fsp3) is 0.0500. The van der Waals surface area contributed by atoms with Gasteiger partial charge in [-0.05, 0) is 53.6 Å². The highest BCUT2D eigenvalue weighted by molar-refractivity contribution is 6.03. The molecule has 0 atom stereocenters. The Bertz CT molecular complexity index is 1060. The molecular weight excluding hydrogens is 331 g/mol. The summed E-state index contributed by atoms with van der Waals surface area (Å²) >= 11 is 0. The van der Waals surface area contributed by atoms with Crippen LogP contribution in [0.15, 0.2) is 67.1 Å². The number of nitrogens with zero attached hydrogens (tertiary/aromatic N) is 2. The fourth-order valence-corrected chi connectivity index (χ4v) is 2.77. The second kappa shape index (κ2) is 6.76. The molecule has 1 aromatic carbocycles. The number of pyridine rings is 2. The molecule has 0 saturated heterocycles. The van der Waals surface area contributed by atoms with E-state index in [1.807, 2.05) is 24.4 Å². The second-order valence-electron chi connectivity index (χ2n) is 5.90. The number of hydrogen-bond acceptors (Lipinski definition) is 3. The summed E-state index contributed by atoms with van der Waals surface area (Å²) in [4.78, 5) is 23.9. The molecule has 0 spiro atoms. The monoisotopic (exact) mass is 346 g/mol. The molecule has 0 fully saturated rings. The third-order valence-corrected chi connectivity index (χ3v) is 4.10. The molecule has 0 radical (unpaired) electrons. The number of halogens is 1. The van der Waals surface area contributed by atoms with Crippen LogP contribution in [0.5, 0.6) is 0 Å². The lowest BCUT2D eigenvalue weighted by atomic mass is 10.1. The third kappa shape index (κ3) is 3.30. The minimum Gasteiger partial charge on any atom is -0.346 e. The molecule has 1 amide bonds. The van der Waals surface area contributed by atoms with Crippen molar-refractivity contribution in [3.63, 3.8) is 0 Å². The fourth-order valence-electron chi connectivity index (χ4n) is 2.77. The van der Waals surface area contributed by atoms with Crippen LogP contribution in [0.3, 0.4) is 0 Å². The zero-order valence-corrected chi connectivity index (χ0v) is 13.7. The Labute approximate surface area is 148 Å². The first-order valence-electron chi connectivity index (χ1n) is 8.12. The molecule has 3 heterocycles. The molecule has 128 valence electrons. The summed E-state index contributed by atoms with van der Waals surface area (Å²) in [7, 11) is 0. The van der Waals surface area contributed by atoms with Crippen molar-refractivity contribution in [2.45, 2.75) is 6.42 Å². The molecule has 4 rings (SSSR count). The molecule has 0 aliphatic carbocycles. The average Bonchev–Trinajstić information content (AvgIpc) is 3.07. The molecule has 0 saturated carbocycles. The van der Waals surface area contributed by atoms with E-state index >= 15 is 0 Å². The number of benzene rings is 1. The lowest BCUT2D eigenvalue weighted by Gasteiger charge is -2.06. The molecule has 0 bridgehead atoms. The van der Waals surface area contributed by atoms with Gasteiger partial charge < -0.3 is 10.3 Å². The van der Waals surface area contributed by atoms with E-state index in [2.05, 4.69) is 20.3 Å². The van der Waals surface area contributed by atoms with Gasteiger partial charge in [-0.25, -0.2) is 14.4 Å². The molecule has 2 N–H and O–H groups in total. The largest absolute Gasteiger partial charge is 0.346 e. The van der Waals surface area contributed by atoms with Crippen molar-refractivity contribution in [1.82, 2.24) is 15.0 Å². The van der Waals surface area contributed by atoms with Gasteiger partial charge in [0.1, 0.15) is 17.3 Å². The van der Waals surface area contributed by atoms with Gasteiger partial charge in [0.15, 0.2) is 0 Å². The van der Waals surface area contributed by atoms with E-state index in [1.54, 1.807) is 18.5 Å². The van der Waals surface area contributed by atoms with Crippen molar-refractivity contribution in [3.8, 4) is 0 Å². The van der Waals surface area contributed by atoms with E-state index in [0.29, 0.717) is 17.8 Å². The first-order valence-corrected chi connectivity index (χ1v) is 8.12. The van der Waals surface area contributed by atoms with Crippen molar-refractivity contribution < 1.29 is 9.18 Å². The first-order chi connectivity index (χ1) is 12.7. The quantitative estimate of drug-likeness (QED) is 0.588. The predicted octanol–water partition coefficient (Wildman–Crippen LogP) is 3.94. The molecule has 3 aromatic heterocycles. The Hall–Kier alpha value is -3.54. The van der Waals surface area contributed by atoms with Crippen LogP contribution >= 0.6 is 0 Å². The van der Waals surface area contributed by atoms with Gasteiger partial charge >= 0.3 is 0 Å². The summed E-state index contributed by atoms with van der Waals surface area (Å²) < 4.78 is 12.9. The average molecular weight is 346 g/mol. The molecule has 0 aliphatic rings. The van der Waals surface area contributed by atoms with Crippen LogP contribution in [0, 0.1) is 5.82 Å². The minimum atomic E-state index is -0.378. The van der Waals surface area contributed by atoms with Crippen molar-refractivity contribution in [3.05, 3.63) is 89.6 Å². The van der Waals surface area contributed by atoms with Crippen molar-refractivity contribution >= 4 is 22.8 Å². The number of aromatic nitrogens is 3. The van der Waals surface area contributed by atoms with Gasteiger partial charge in [0.05, 0.1) is 0 Å². The maximum atomic E-state index is 12.9. The number of anilines is 1. The van der Waals surface area contributed by atoms with Gasteiger partial charge in [0.2, 0.25) is 0 Å². The summed E-state index contributed by atoms with van der Waals surface area (Å²) in [5.74, 6) is -0.256. The van der Waals surface area contributed by atoms with E-state index in [0.717, 1.165) is 22.2 Å². The molecule has 4 aromatic rings. The molecular formula is C20H15FN4O. The highest BCUT2D eigenvalue weighted by atomic mass is 19.1. The SMILES string of the molecule is O=C(Nc1ccc(Cc2c[nH]c3ncccc23)cn1)c1ccc(F)cc1. The summed E-state index contributed by atoms with van der Waals surface area (Å²) in [5, 5.41) is 3.79. The predicted molar refractivity (Wildman–Crippen MR) is 97.5 cm³/mol. The normalized spacial score (nSPS) is 10.8. The number of amides is 1. The van der Waals surface area contributed by atoms with Crippen LogP contribution in [0.1, 0.15) is 21.5 Å². The Morgan fingerprint density at radius 3 is 2.69 bits per heavy atom.